The monoisotopic (exact) mass is 277 g/mol. The fourth-order valence-electron chi connectivity index (χ4n) is 1.37. The lowest BCUT2D eigenvalue weighted by Crippen LogP contribution is -2.45. The number of hydrogen-bond acceptors (Lipinski definition) is 5. The molecule has 0 saturated carbocycles. The molecule has 108 valence electrons. The highest BCUT2D eigenvalue weighted by Gasteiger charge is 2.29. The number of thioether (sulfide) groups is 1. The van der Waals surface area contributed by atoms with Gasteiger partial charge in [-0.05, 0) is 26.2 Å². The molecule has 5 heteroatoms. The summed E-state index contributed by atoms with van der Waals surface area (Å²) in [6.07, 6.45) is 0. The van der Waals surface area contributed by atoms with Gasteiger partial charge in [-0.1, -0.05) is 20.8 Å². The molecule has 0 radical (unpaired) electrons. The number of ether oxygens (including phenoxy) is 1. The number of rotatable bonds is 5. The Bertz CT molecular complexity index is 268. The van der Waals surface area contributed by atoms with Gasteiger partial charge in [0.2, 0.25) is 0 Å². The van der Waals surface area contributed by atoms with Gasteiger partial charge in [0.15, 0.2) is 0 Å². The van der Waals surface area contributed by atoms with Crippen molar-refractivity contribution in [2.45, 2.75) is 58.4 Å². The van der Waals surface area contributed by atoms with Crippen LogP contribution in [-0.4, -0.2) is 40.3 Å². The molecule has 0 aromatic rings. The number of aliphatic hydroxyl groups is 1. The molecule has 0 amide bonds. The minimum absolute atomic E-state index is 0.0358. The topological polar surface area (TPSA) is 72.5 Å². The third-order valence-electron chi connectivity index (χ3n) is 2.42. The fraction of sp³-hybridized carbons (Fsp3) is 0.923. The SMILES string of the molecule is CC(C)(C)OC(=O)CSC(CO)C(N)C(C)(C)C. The highest BCUT2D eigenvalue weighted by atomic mass is 32.2. The summed E-state index contributed by atoms with van der Waals surface area (Å²) in [6.45, 7) is 11.5. The summed E-state index contributed by atoms with van der Waals surface area (Å²) in [6, 6.07) is -0.171. The minimum Gasteiger partial charge on any atom is -0.459 e. The average molecular weight is 277 g/mol. The van der Waals surface area contributed by atoms with Crippen molar-refractivity contribution in [1.29, 1.82) is 0 Å². The molecular formula is C13H27NO3S. The van der Waals surface area contributed by atoms with Crippen LogP contribution in [0.3, 0.4) is 0 Å². The minimum atomic E-state index is -0.474. The zero-order chi connectivity index (χ0) is 14.6. The van der Waals surface area contributed by atoms with E-state index in [1.807, 2.05) is 41.5 Å². The Kier molecular flexibility index (Phi) is 6.68. The van der Waals surface area contributed by atoms with E-state index in [0.717, 1.165) is 0 Å². The number of aliphatic hydroxyl groups excluding tert-OH is 1. The molecule has 0 aliphatic rings. The molecule has 0 bridgehead atoms. The van der Waals surface area contributed by atoms with Crippen LogP contribution < -0.4 is 5.73 Å². The molecule has 0 aromatic carbocycles. The smallest absolute Gasteiger partial charge is 0.316 e. The summed E-state index contributed by atoms with van der Waals surface area (Å²) >= 11 is 1.36. The fourth-order valence-corrected chi connectivity index (χ4v) is 2.50. The van der Waals surface area contributed by atoms with Crippen LogP contribution >= 0.6 is 11.8 Å². The maximum Gasteiger partial charge on any atom is 0.316 e. The van der Waals surface area contributed by atoms with Crippen molar-refractivity contribution in [3.8, 4) is 0 Å². The Morgan fingerprint density at radius 1 is 1.28 bits per heavy atom. The first-order valence-electron chi connectivity index (χ1n) is 6.17. The second kappa shape index (κ2) is 6.78. The Morgan fingerprint density at radius 3 is 2.11 bits per heavy atom. The maximum absolute atomic E-state index is 11.6. The first kappa shape index (κ1) is 17.7. The van der Waals surface area contributed by atoms with E-state index in [4.69, 9.17) is 10.5 Å². The van der Waals surface area contributed by atoms with Crippen molar-refractivity contribution >= 4 is 17.7 Å². The summed E-state index contributed by atoms with van der Waals surface area (Å²) < 4.78 is 5.22. The summed E-state index contributed by atoms with van der Waals surface area (Å²) in [7, 11) is 0. The van der Waals surface area contributed by atoms with Crippen LogP contribution in [0.1, 0.15) is 41.5 Å². The molecule has 0 aliphatic carbocycles. The first-order valence-corrected chi connectivity index (χ1v) is 7.22. The van der Waals surface area contributed by atoms with Gasteiger partial charge in [0, 0.05) is 11.3 Å². The molecule has 0 heterocycles. The van der Waals surface area contributed by atoms with Crippen molar-refractivity contribution in [2.75, 3.05) is 12.4 Å². The van der Waals surface area contributed by atoms with Crippen LogP contribution in [0.5, 0.6) is 0 Å². The van der Waals surface area contributed by atoms with Crippen LogP contribution in [0.15, 0.2) is 0 Å². The molecule has 0 saturated heterocycles. The zero-order valence-electron chi connectivity index (χ0n) is 12.3. The van der Waals surface area contributed by atoms with E-state index in [-0.39, 0.29) is 35.0 Å². The van der Waals surface area contributed by atoms with Gasteiger partial charge in [-0.25, -0.2) is 0 Å². The van der Waals surface area contributed by atoms with Gasteiger partial charge in [0.1, 0.15) is 5.60 Å². The van der Waals surface area contributed by atoms with Crippen molar-refractivity contribution in [3.05, 3.63) is 0 Å². The van der Waals surface area contributed by atoms with E-state index in [1.165, 1.54) is 11.8 Å². The standard InChI is InChI=1S/C13H27NO3S/c1-12(2,3)11(14)9(7-15)18-8-10(16)17-13(4,5)6/h9,11,15H,7-8,14H2,1-6H3. The van der Waals surface area contributed by atoms with Crippen LogP contribution in [0.4, 0.5) is 0 Å². The summed E-state index contributed by atoms with van der Waals surface area (Å²) in [5, 5.41) is 9.20. The third-order valence-corrected chi connectivity index (χ3v) is 3.69. The van der Waals surface area contributed by atoms with Crippen molar-refractivity contribution in [2.24, 2.45) is 11.1 Å². The average Bonchev–Trinajstić information content (AvgIpc) is 2.14. The predicted molar refractivity (Wildman–Crippen MR) is 76.6 cm³/mol. The molecule has 3 N–H and O–H groups in total. The Morgan fingerprint density at radius 2 is 1.78 bits per heavy atom. The third kappa shape index (κ3) is 7.24. The number of carbonyl (C=O) groups is 1. The Hall–Kier alpha value is -0.260. The van der Waals surface area contributed by atoms with Gasteiger partial charge in [-0.15, -0.1) is 11.8 Å². The first-order chi connectivity index (χ1) is 7.97. The predicted octanol–water partition coefficient (Wildman–Crippen LogP) is 1.80. The lowest BCUT2D eigenvalue weighted by molar-refractivity contribution is -0.151. The molecule has 0 spiro atoms. The summed E-state index contributed by atoms with van der Waals surface area (Å²) in [5.74, 6) is -0.0567. The van der Waals surface area contributed by atoms with Gasteiger partial charge < -0.3 is 15.6 Å². The molecular weight excluding hydrogens is 250 g/mol. The Balaban J connectivity index is 4.29. The molecule has 2 unspecified atom stereocenters. The number of nitrogens with two attached hydrogens (primary N) is 1. The van der Waals surface area contributed by atoms with E-state index >= 15 is 0 Å². The summed E-state index contributed by atoms with van der Waals surface area (Å²) in [5.41, 5.74) is 5.51. The molecule has 18 heavy (non-hydrogen) atoms. The molecule has 0 aliphatic heterocycles. The van der Waals surface area contributed by atoms with Crippen molar-refractivity contribution in [3.63, 3.8) is 0 Å². The van der Waals surface area contributed by atoms with Gasteiger partial charge in [0.05, 0.1) is 12.4 Å². The molecule has 4 nitrogen and oxygen atoms in total. The second-order valence-corrected chi connectivity index (χ2v) is 7.74. The van der Waals surface area contributed by atoms with Gasteiger partial charge in [-0.3, -0.25) is 4.79 Å². The molecule has 0 rings (SSSR count). The number of esters is 1. The second-order valence-electron chi connectivity index (χ2n) is 6.51. The number of hydrogen-bond donors (Lipinski definition) is 2. The van der Waals surface area contributed by atoms with Crippen LogP contribution in [0.25, 0.3) is 0 Å². The van der Waals surface area contributed by atoms with Crippen LogP contribution in [0.2, 0.25) is 0 Å². The largest absolute Gasteiger partial charge is 0.459 e. The van der Waals surface area contributed by atoms with Crippen LogP contribution in [-0.2, 0) is 9.53 Å². The lowest BCUT2D eigenvalue weighted by atomic mass is 9.85. The quantitative estimate of drug-likeness (QED) is 0.750. The highest BCUT2D eigenvalue weighted by molar-refractivity contribution is 8.00. The van der Waals surface area contributed by atoms with E-state index in [2.05, 4.69) is 0 Å². The highest BCUT2D eigenvalue weighted by Crippen LogP contribution is 2.27. The van der Waals surface area contributed by atoms with Crippen LogP contribution in [0, 0.1) is 5.41 Å². The normalized spacial score (nSPS) is 16.2. The van der Waals surface area contributed by atoms with Crippen molar-refractivity contribution < 1.29 is 14.6 Å². The van der Waals surface area contributed by atoms with Crippen molar-refractivity contribution in [1.82, 2.24) is 0 Å². The van der Waals surface area contributed by atoms with E-state index in [9.17, 15) is 9.90 Å². The zero-order valence-corrected chi connectivity index (χ0v) is 13.1. The van der Waals surface area contributed by atoms with Gasteiger partial charge >= 0.3 is 5.97 Å². The van der Waals surface area contributed by atoms with Gasteiger partial charge in [-0.2, -0.15) is 0 Å². The maximum atomic E-state index is 11.6. The lowest BCUT2D eigenvalue weighted by Gasteiger charge is -2.32. The molecule has 2 atom stereocenters. The van der Waals surface area contributed by atoms with E-state index in [1.54, 1.807) is 0 Å². The molecule has 0 fully saturated rings. The molecule has 0 aromatic heterocycles. The summed E-state index contributed by atoms with van der Waals surface area (Å²) in [4.78, 5) is 11.6. The number of carbonyl (C=O) groups excluding carboxylic acids is 1. The Labute approximate surface area is 115 Å². The van der Waals surface area contributed by atoms with E-state index < -0.39 is 5.60 Å². The van der Waals surface area contributed by atoms with E-state index in [0.29, 0.717) is 0 Å². The van der Waals surface area contributed by atoms with Gasteiger partial charge in [0.25, 0.3) is 0 Å².